The topological polar surface area (TPSA) is 18.5 Å². The molecule has 20 heavy (non-hydrogen) atoms. The lowest BCUT2D eigenvalue weighted by Gasteiger charge is -2.26. The molecule has 1 unspecified atom stereocenters. The molecule has 0 aliphatic heterocycles. The van der Waals surface area contributed by atoms with Gasteiger partial charge in [-0.25, -0.2) is 0 Å². The van der Waals surface area contributed by atoms with Crippen molar-refractivity contribution in [3.05, 3.63) is 64.4 Å². The lowest BCUT2D eigenvalue weighted by Crippen LogP contribution is -2.24. The van der Waals surface area contributed by atoms with E-state index in [0.717, 1.165) is 16.2 Å². The first-order chi connectivity index (χ1) is 9.54. The molecule has 4 heteroatoms. The molecule has 0 spiro atoms. The number of alkyl halides is 1. The number of ether oxygens (including phenoxy) is 2. The van der Waals surface area contributed by atoms with Crippen LogP contribution in [0.1, 0.15) is 12.0 Å². The zero-order chi connectivity index (χ0) is 14.6. The fourth-order valence-corrected chi connectivity index (χ4v) is 2.34. The van der Waals surface area contributed by atoms with Gasteiger partial charge in [0, 0.05) is 24.6 Å². The Kier molecular flexibility index (Phi) is 4.92. The Balaban J connectivity index is 2.18. The van der Waals surface area contributed by atoms with Crippen LogP contribution in [0.2, 0.25) is 5.02 Å². The van der Waals surface area contributed by atoms with Crippen LogP contribution in [-0.2, 0) is 9.47 Å². The van der Waals surface area contributed by atoms with Crippen LogP contribution in [0.3, 0.4) is 0 Å². The second kappa shape index (κ2) is 6.49. The average molecular weight is 311 g/mol. The summed E-state index contributed by atoms with van der Waals surface area (Å²) in [7, 11) is 3.20. The Morgan fingerprint density at radius 3 is 2.45 bits per heavy atom. The van der Waals surface area contributed by atoms with Gasteiger partial charge in [0.05, 0.1) is 7.11 Å². The smallest absolute Gasteiger partial charge is 0.167 e. The molecule has 0 saturated heterocycles. The third-order valence-electron chi connectivity index (χ3n) is 3.07. The van der Waals surface area contributed by atoms with Gasteiger partial charge >= 0.3 is 0 Å². The number of hydrogen-bond donors (Lipinski definition) is 0. The summed E-state index contributed by atoms with van der Waals surface area (Å²) in [6.45, 7) is 0. The maximum Gasteiger partial charge on any atom is 0.167 e. The summed E-state index contributed by atoms with van der Waals surface area (Å²) >= 11 is 12.2. The standard InChI is InChI=1S/C16H16Cl2O2/c1-19-15-9-13(10-16(18,11-15)20-2)4-3-12-5-7-14(17)8-6-12/h3-9,11H,10H2,1-2H3/b4-3+. The molecule has 1 aromatic carbocycles. The minimum atomic E-state index is -0.847. The molecule has 1 aliphatic carbocycles. The van der Waals surface area contributed by atoms with Crippen molar-refractivity contribution in [1.29, 1.82) is 0 Å². The molecule has 0 fully saturated rings. The van der Waals surface area contributed by atoms with Crippen molar-refractivity contribution in [1.82, 2.24) is 0 Å². The summed E-state index contributed by atoms with van der Waals surface area (Å²) in [6.07, 6.45) is 8.32. The molecule has 0 bridgehead atoms. The van der Waals surface area contributed by atoms with Crippen LogP contribution in [0.4, 0.5) is 0 Å². The molecule has 1 atom stereocenters. The summed E-state index contributed by atoms with van der Waals surface area (Å²) in [5.74, 6) is 0.698. The third kappa shape index (κ3) is 3.89. The van der Waals surface area contributed by atoms with Crippen molar-refractivity contribution >= 4 is 29.3 Å². The van der Waals surface area contributed by atoms with E-state index in [2.05, 4.69) is 0 Å². The predicted molar refractivity (Wildman–Crippen MR) is 83.9 cm³/mol. The first-order valence-corrected chi connectivity index (χ1v) is 6.95. The fraction of sp³-hybridized carbons (Fsp3) is 0.250. The summed E-state index contributed by atoms with van der Waals surface area (Å²) < 4.78 is 10.6. The summed E-state index contributed by atoms with van der Waals surface area (Å²) in [5, 5.41) is -0.123. The Bertz CT molecular complexity index is 558. The molecule has 0 N–H and O–H groups in total. The van der Waals surface area contributed by atoms with E-state index in [1.807, 2.05) is 42.5 Å². The van der Waals surface area contributed by atoms with Gasteiger partial charge in [0.2, 0.25) is 0 Å². The predicted octanol–water partition coefficient (Wildman–Crippen LogP) is 4.80. The molecule has 1 aliphatic rings. The zero-order valence-corrected chi connectivity index (χ0v) is 12.9. The second-order valence-corrected chi connectivity index (χ2v) is 5.60. The lowest BCUT2D eigenvalue weighted by atomic mass is 9.99. The first-order valence-electron chi connectivity index (χ1n) is 6.20. The van der Waals surface area contributed by atoms with E-state index in [4.69, 9.17) is 32.7 Å². The third-order valence-corrected chi connectivity index (χ3v) is 3.71. The maximum absolute atomic E-state index is 6.36. The van der Waals surface area contributed by atoms with Crippen molar-refractivity contribution in [3.8, 4) is 0 Å². The minimum Gasteiger partial charge on any atom is -0.497 e. The van der Waals surface area contributed by atoms with Gasteiger partial charge in [-0.15, -0.1) is 0 Å². The van der Waals surface area contributed by atoms with Crippen LogP contribution in [0.25, 0.3) is 6.08 Å². The van der Waals surface area contributed by atoms with Gasteiger partial charge in [-0.05, 0) is 29.3 Å². The number of hydrogen-bond acceptors (Lipinski definition) is 2. The minimum absolute atomic E-state index is 0.585. The van der Waals surface area contributed by atoms with Gasteiger partial charge in [0.1, 0.15) is 5.76 Å². The van der Waals surface area contributed by atoms with Gasteiger partial charge in [-0.1, -0.05) is 47.5 Å². The molecule has 2 rings (SSSR count). The molecule has 0 saturated carbocycles. The number of halogens is 2. The van der Waals surface area contributed by atoms with Gasteiger partial charge < -0.3 is 9.47 Å². The number of allylic oxidation sites excluding steroid dienone is 2. The lowest BCUT2D eigenvalue weighted by molar-refractivity contribution is 0.0990. The number of methoxy groups -OCH3 is 2. The molecule has 0 amide bonds. The quantitative estimate of drug-likeness (QED) is 0.744. The van der Waals surface area contributed by atoms with Gasteiger partial charge in [0.25, 0.3) is 0 Å². The monoisotopic (exact) mass is 310 g/mol. The highest BCUT2D eigenvalue weighted by Gasteiger charge is 2.29. The Labute approximate surface area is 129 Å². The van der Waals surface area contributed by atoms with Crippen LogP contribution >= 0.6 is 23.2 Å². The summed E-state index contributed by atoms with van der Waals surface area (Å²) in [5.41, 5.74) is 2.11. The van der Waals surface area contributed by atoms with E-state index in [9.17, 15) is 0 Å². The SMILES string of the molecule is COC1=CC(Cl)(OC)CC(/C=C/c2ccc(Cl)cc2)=C1. The number of rotatable bonds is 4. The highest BCUT2D eigenvalue weighted by molar-refractivity contribution is 6.30. The molecule has 0 aromatic heterocycles. The molecular weight excluding hydrogens is 295 g/mol. The highest BCUT2D eigenvalue weighted by atomic mass is 35.5. The van der Waals surface area contributed by atoms with Crippen molar-refractivity contribution in [2.45, 2.75) is 11.5 Å². The Hall–Kier alpha value is -1.22. The van der Waals surface area contributed by atoms with Crippen LogP contribution in [0.5, 0.6) is 0 Å². The molecular formula is C16H16Cl2O2. The Morgan fingerprint density at radius 1 is 1.15 bits per heavy atom. The largest absolute Gasteiger partial charge is 0.497 e. The van der Waals surface area contributed by atoms with E-state index < -0.39 is 5.06 Å². The van der Waals surface area contributed by atoms with E-state index in [-0.39, 0.29) is 0 Å². The first kappa shape index (κ1) is 15.2. The molecule has 2 nitrogen and oxygen atoms in total. The van der Waals surface area contributed by atoms with Gasteiger partial charge in [0.15, 0.2) is 5.06 Å². The van der Waals surface area contributed by atoms with Crippen LogP contribution in [-0.4, -0.2) is 19.3 Å². The van der Waals surface area contributed by atoms with Crippen molar-refractivity contribution in [2.24, 2.45) is 0 Å². The maximum atomic E-state index is 6.36. The van der Waals surface area contributed by atoms with Crippen molar-refractivity contribution in [2.75, 3.05) is 14.2 Å². The van der Waals surface area contributed by atoms with E-state index in [1.165, 1.54) is 0 Å². The molecule has 0 radical (unpaired) electrons. The van der Waals surface area contributed by atoms with E-state index >= 15 is 0 Å². The summed E-state index contributed by atoms with van der Waals surface area (Å²) in [6, 6.07) is 7.63. The molecule has 1 aromatic rings. The molecule has 0 heterocycles. The van der Waals surface area contributed by atoms with Crippen molar-refractivity contribution < 1.29 is 9.47 Å². The van der Waals surface area contributed by atoms with Crippen LogP contribution in [0, 0.1) is 0 Å². The average Bonchev–Trinajstić information content (AvgIpc) is 2.46. The van der Waals surface area contributed by atoms with Crippen LogP contribution < -0.4 is 0 Å². The highest BCUT2D eigenvalue weighted by Crippen LogP contribution is 2.33. The second-order valence-electron chi connectivity index (χ2n) is 4.52. The fourth-order valence-electron chi connectivity index (χ4n) is 1.95. The normalized spacial score (nSPS) is 22.6. The Morgan fingerprint density at radius 2 is 1.85 bits per heavy atom. The number of benzene rings is 1. The van der Waals surface area contributed by atoms with Gasteiger partial charge in [-0.2, -0.15) is 0 Å². The van der Waals surface area contributed by atoms with Crippen molar-refractivity contribution in [3.63, 3.8) is 0 Å². The van der Waals surface area contributed by atoms with Gasteiger partial charge in [-0.3, -0.25) is 0 Å². The van der Waals surface area contributed by atoms with Crippen LogP contribution in [0.15, 0.2) is 53.8 Å². The zero-order valence-electron chi connectivity index (χ0n) is 11.4. The summed E-state index contributed by atoms with van der Waals surface area (Å²) in [4.78, 5) is 0. The van der Waals surface area contributed by atoms with E-state index in [0.29, 0.717) is 12.2 Å². The van der Waals surface area contributed by atoms with E-state index in [1.54, 1.807) is 20.3 Å². The molecule has 106 valence electrons.